The molecular formula is C15H19ClN2O2. The number of hydrogen-bond acceptors (Lipinski definition) is 4. The van der Waals surface area contributed by atoms with E-state index in [4.69, 9.17) is 11.6 Å². The molecule has 1 heterocycles. The van der Waals surface area contributed by atoms with Gasteiger partial charge >= 0.3 is 0 Å². The second-order valence-electron chi connectivity index (χ2n) is 5.89. The molecule has 108 valence electrons. The number of halogens is 1. The molecular weight excluding hydrogens is 276 g/mol. The SMILES string of the molecule is O=C(c1cnc(Cl)cc1NC1CCC(CO)C1)C1CC1. The smallest absolute Gasteiger partial charge is 0.169 e. The van der Waals surface area contributed by atoms with Crippen LogP contribution in [0.1, 0.15) is 42.5 Å². The molecule has 2 saturated carbocycles. The van der Waals surface area contributed by atoms with Crippen LogP contribution in [0.2, 0.25) is 5.15 Å². The third-order valence-corrected chi connectivity index (χ3v) is 4.45. The van der Waals surface area contributed by atoms with E-state index in [9.17, 15) is 9.90 Å². The lowest BCUT2D eigenvalue weighted by atomic mass is 10.1. The number of nitrogens with one attached hydrogen (secondary N) is 1. The van der Waals surface area contributed by atoms with Crippen molar-refractivity contribution in [2.45, 2.75) is 38.1 Å². The first kappa shape index (κ1) is 13.8. The molecule has 0 spiro atoms. The number of carbonyl (C=O) groups excluding carboxylic acids is 1. The number of pyridine rings is 1. The predicted octanol–water partition coefficient (Wildman–Crippen LogP) is 2.90. The molecule has 0 saturated heterocycles. The maximum absolute atomic E-state index is 12.3. The number of aliphatic hydroxyl groups is 1. The second kappa shape index (κ2) is 5.70. The lowest BCUT2D eigenvalue weighted by Gasteiger charge is -2.17. The third kappa shape index (κ3) is 2.96. The van der Waals surface area contributed by atoms with Gasteiger partial charge in [-0.1, -0.05) is 11.6 Å². The second-order valence-corrected chi connectivity index (χ2v) is 6.28. The van der Waals surface area contributed by atoms with Crippen molar-refractivity contribution in [3.8, 4) is 0 Å². The normalized spacial score (nSPS) is 25.7. The van der Waals surface area contributed by atoms with Gasteiger partial charge in [0.05, 0.1) is 5.56 Å². The van der Waals surface area contributed by atoms with E-state index < -0.39 is 0 Å². The number of hydrogen-bond donors (Lipinski definition) is 2. The largest absolute Gasteiger partial charge is 0.396 e. The molecule has 0 radical (unpaired) electrons. The van der Waals surface area contributed by atoms with Gasteiger partial charge in [-0.15, -0.1) is 0 Å². The summed E-state index contributed by atoms with van der Waals surface area (Å²) in [6.45, 7) is 0.239. The molecule has 2 aliphatic rings. The molecule has 5 heteroatoms. The topological polar surface area (TPSA) is 62.2 Å². The molecule has 0 amide bonds. The molecule has 3 rings (SSSR count). The number of aliphatic hydroxyl groups excluding tert-OH is 1. The first-order valence-electron chi connectivity index (χ1n) is 7.24. The van der Waals surface area contributed by atoms with Crippen molar-refractivity contribution in [1.29, 1.82) is 0 Å². The van der Waals surface area contributed by atoms with Crippen molar-refractivity contribution in [2.24, 2.45) is 11.8 Å². The summed E-state index contributed by atoms with van der Waals surface area (Å²) in [5, 5.41) is 13.0. The summed E-state index contributed by atoms with van der Waals surface area (Å²) in [6.07, 6.45) is 6.53. The standard InChI is InChI=1S/C15H19ClN2O2/c16-14-6-13(18-11-4-1-9(5-11)8-19)12(7-17-14)15(20)10-2-3-10/h6-7,9-11,19H,1-5,8H2,(H,17,18). The minimum atomic E-state index is 0.173. The fraction of sp³-hybridized carbons (Fsp3) is 0.600. The van der Waals surface area contributed by atoms with Crippen molar-refractivity contribution in [3.05, 3.63) is 23.0 Å². The molecule has 1 aromatic rings. The van der Waals surface area contributed by atoms with Gasteiger partial charge in [-0.05, 0) is 44.1 Å². The Morgan fingerprint density at radius 2 is 2.20 bits per heavy atom. The molecule has 0 bridgehead atoms. The first-order chi connectivity index (χ1) is 9.67. The Hall–Kier alpha value is -1.13. The maximum atomic E-state index is 12.3. The average molecular weight is 295 g/mol. The Bertz CT molecular complexity index is 517. The summed E-state index contributed by atoms with van der Waals surface area (Å²) in [5.41, 5.74) is 1.45. The van der Waals surface area contributed by atoms with Gasteiger partial charge in [0.1, 0.15) is 5.15 Å². The van der Waals surface area contributed by atoms with E-state index in [1.54, 1.807) is 12.3 Å². The number of Topliss-reactive ketones (excluding diaryl/α,β-unsaturated/α-hetero) is 1. The van der Waals surface area contributed by atoms with Crippen LogP contribution in [0.5, 0.6) is 0 Å². The third-order valence-electron chi connectivity index (χ3n) is 4.24. The number of ketones is 1. The van der Waals surface area contributed by atoms with Gasteiger partial charge in [0.15, 0.2) is 5.78 Å². The Labute approximate surface area is 123 Å². The summed E-state index contributed by atoms with van der Waals surface area (Å²) in [5.74, 6) is 0.716. The summed E-state index contributed by atoms with van der Waals surface area (Å²) in [6, 6.07) is 2.04. The van der Waals surface area contributed by atoms with Crippen LogP contribution in [0.4, 0.5) is 5.69 Å². The minimum Gasteiger partial charge on any atom is -0.396 e. The molecule has 2 aliphatic carbocycles. The van der Waals surface area contributed by atoms with Crippen LogP contribution in [0.3, 0.4) is 0 Å². The molecule has 2 unspecified atom stereocenters. The summed E-state index contributed by atoms with van der Waals surface area (Å²) in [4.78, 5) is 16.3. The number of nitrogens with zero attached hydrogens (tertiary/aromatic N) is 1. The van der Waals surface area contributed by atoms with Crippen LogP contribution in [0.25, 0.3) is 0 Å². The quantitative estimate of drug-likeness (QED) is 0.647. The Morgan fingerprint density at radius 1 is 1.40 bits per heavy atom. The molecule has 2 atom stereocenters. The molecule has 1 aromatic heterocycles. The van der Waals surface area contributed by atoms with Crippen LogP contribution in [-0.2, 0) is 0 Å². The van der Waals surface area contributed by atoms with Crippen LogP contribution >= 0.6 is 11.6 Å². The van der Waals surface area contributed by atoms with E-state index in [0.717, 1.165) is 37.8 Å². The van der Waals surface area contributed by atoms with Gasteiger partial charge in [0, 0.05) is 30.5 Å². The van der Waals surface area contributed by atoms with Crippen LogP contribution in [0.15, 0.2) is 12.3 Å². The number of rotatable bonds is 5. The first-order valence-corrected chi connectivity index (χ1v) is 7.62. The Morgan fingerprint density at radius 3 is 2.85 bits per heavy atom. The van der Waals surface area contributed by atoms with Crippen molar-refractivity contribution in [2.75, 3.05) is 11.9 Å². The molecule has 0 aliphatic heterocycles. The highest BCUT2D eigenvalue weighted by atomic mass is 35.5. The minimum absolute atomic E-state index is 0.173. The van der Waals surface area contributed by atoms with Crippen LogP contribution < -0.4 is 5.32 Å². The van der Waals surface area contributed by atoms with E-state index in [1.165, 1.54) is 0 Å². The molecule has 2 fully saturated rings. The van der Waals surface area contributed by atoms with Crippen LogP contribution in [-0.4, -0.2) is 28.5 Å². The highest BCUT2D eigenvalue weighted by Gasteiger charge is 2.33. The zero-order valence-corrected chi connectivity index (χ0v) is 12.1. The van der Waals surface area contributed by atoms with Gasteiger partial charge in [-0.25, -0.2) is 4.98 Å². The van der Waals surface area contributed by atoms with Gasteiger partial charge in [0.25, 0.3) is 0 Å². The van der Waals surface area contributed by atoms with E-state index in [1.807, 2.05) is 0 Å². The lowest BCUT2D eigenvalue weighted by Crippen LogP contribution is -2.19. The maximum Gasteiger partial charge on any atom is 0.169 e. The van der Waals surface area contributed by atoms with Crippen molar-refractivity contribution >= 4 is 23.1 Å². The van der Waals surface area contributed by atoms with Crippen molar-refractivity contribution in [1.82, 2.24) is 4.98 Å². The Kier molecular flexibility index (Phi) is 3.94. The summed E-state index contributed by atoms with van der Waals surface area (Å²) in [7, 11) is 0. The monoisotopic (exact) mass is 294 g/mol. The van der Waals surface area contributed by atoms with Crippen molar-refractivity contribution < 1.29 is 9.90 Å². The highest BCUT2D eigenvalue weighted by molar-refractivity contribution is 6.29. The van der Waals surface area contributed by atoms with E-state index >= 15 is 0 Å². The molecule has 20 heavy (non-hydrogen) atoms. The number of carbonyl (C=O) groups is 1. The fourth-order valence-corrected chi connectivity index (χ4v) is 3.06. The highest BCUT2D eigenvalue weighted by Crippen LogP contribution is 2.36. The van der Waals surface area contributed by atoms with Gasteiger partial charge in [-0.3, -0.25) is 4.79 Å². The summed E-state index contributed by atoms with van der Waals surface area (Å²) < 4.78 is 0. The molecule has 2 N–H and O–H groups in total. The van der Waals surface area contributed by atoms with Gasteiger partial charge in [-0.2, -0.15) is 0 Å². The average Bonchev–Trinajstić information content (AvgIpc) is 3.19. The van der Waals surface area contributed by atoms with Gasteiger partial charge < -0.3 is 10.4 Å². The Balaban J connectivity index is 1.77. The summed E-state index contributed by atoms with van der Waals surface area (Å²) >= 11 is 5.96. The van der Waals surface area contributed by atoms with Gasteiger partial charge in [0.2, 0.25) is 0 Å². The van der Waals surface area contributed by atoms with E-state index in [2.05, 4.69) is 10.3 Å². The van der Waals surface area contributed by atoms with Crippen LogP contribution in [0, 0.1) is 11.8 Å². The zero-order valence-electron chi connectivity index (χ0n) is 11.3. The van der Waals surface area contributed by atoms with E-state index in [-0.39, 0.29) is 18.3 Å². The number of aromatic nitrogens is 1. The lowest BCUT2D eigenvalue weighted by molar-refractivity contribution is 0.0968. The molecule has 4 nitrogen and oxygen atoms in total. The molecule has 0 aromatic carbocycles. The zero-order chi connectivity index (χ0) is 14.1. The fourth-order valence-electron chi connectivity index (χ4n) is 2.90. The van der Waals surface area contributed by atoms with E-state index in [0.29, 0.717) is 22.7 Å². The number of anilines is 1. The van der Waals surface area contributed by atoms with Crippen molar-refractivity contribution in [3.63, 3.8) is 0 Å². The predicted molar refractivity (Wildman–Crippen MR) is 78.1 cm³/mol.